The number of rotatable bonds is 9. The molecule has 1 rings (SSSR count). The predicted molar refractivity (Wildman–Crippen MR) is 73.1 cm³/mol. The molecule has 0 spiro atoms. The summed E-state index contributed by atoms with van der Waals surface area (Å²) in [7, 11) is -3.83. The van der Waals surface area contributed by atoms with E-state index in [1.807, 2.05) is 0 Å². The lowest BCUT2D eigenvalue weighted by atomic mass is 10.5. The van der Waals surface area contributed by atoms with E-state index in [2.05, 4.69) is 9.71 Å². The van der Waals surface area contributed by atoms with Crippen molar-refractivity contribution in [2.45, 2.75) is 25.0 Å². The van der Waals surface area contributed by atoms with Crippen molar-refractivity contribution in [3.8, 4) is 0 Å². The Hall–Kier alpha value is -1.62. The normalized spacial score (nSPS) is 11.8. The molecule has 0 aliphatic heterocycles. The van der Waals surface area contributed by atoms with Gasteiger partial charge in [0, 0.05) is 19.3 Å². The van der Waals surface area contributed by atoms with E-state index in [9.17, 15) is 18.5 Å². The van der Waals surface area contributed by atoms with Gasteiger partial charge in [0.05, 0.1) is 6.54 Å². The maximum absolute atomic E-state index is 12.0. The van der Waals surface area contributed by atoms with E-state index in [1.54, 1.807) is 13.8 Å². The van der Waals surface area contributed by atoms with Crippen molar-refractivity contribution < 1.29 is 22.8 Å². The molecule has 10 heteroatoms. The van der Waals surface area contributed by atoms with Gasteiger partial charge in [0.1, 0.15) is 4.90 Å². The molecule has 0 aliphatic rings. The summed E-state index contributed by atoms with van der Waals surface area (Å²) < 4.78 is 36.7. The van der Waals surface area contributed by atoms with E-state index in [4.69, 9.17) is 9.47 Å². The highest BCUT2D eigenvalue weighted by atomic mass is 32.2. The topological polar surface area (TPSA) is 121 Å². The highest BCUT2D eigenvalue weighted by molar-refractivity contribution is 7.89. The predicted octanol–water partition coefficient (Wildman–Crippen LogP) is 0.667. The minimum absolute atomic E-state index is 0.0685. The van der Waals surface area contributed by atoms with E-state index in [1.165, 1.54) is 0 Å². The van der Waals surface area contributed by atoms with Gasteiger partial charge in [-0.15, -0.1) is 0 Å². The molecular formula is C11H17N3O6S. The summed E-state index contributed by atoms with van der Waals surface area (Å²) in [5.74, 6) is -0.421. The Bertz CT molecular complexity index is 554. The van der Waals surface area contributed by atoms with Crippen molar-refractivity contribution in [2.24, 2.45) is 0 Å². The van der Waals surface area contributed by atoms with Crippen LogP contribution in [-0.2, 0) is 19.5 Å². The van der Waals surface area contributed by atoms with Gasteiger partial charge in [0.15, 0.2) is 12.5 Å². The first-order valence-electron chi connectivity index (χ1n) is 6.24. The van der Waals surface area contributed by atoms with Crippen LogP contribution in [0.2, 0.25) is 0 Å². The monoisotopic (exact) mass is 319 g/mol. The number of nitrogens with zero attached hydrogens (tertiary/aromatic N) is 2. The van der Waals surface area contributed by atoms with Crippen molar-refractivity contribution in [3.63, 3.8) is 0 Å². The second-order valence-electron chi connectivity index (χ2n) is 3.80. The van der Waals surface area contributed by atoms with E-state index >= 15 is 0 Å². The van der Waals surface area contributed by atoms with Crippen LogP contribution >= 0.6 is 0 Å². The molecule has 0 saturated carbocycles. The molecule has 0 aromatic carbocycles. The first-order valence-corrected chi connectivity index (χ1v) is 7.72. The Labute approximate surface area is 122 Å². The molecule has 0 aliphatic carbocycles. The van der Waals surface area contributed by atoms with Crippen LogP contribution in [0.25, 0.3) is 0 Å². The molecule has 0 amide bonds. The van der Waals surface area contributed by atoms with Gasteiger partial charge in [-0.2, -0.15) is 0 Å². The molecule has 0 unspecified atom stereocenters. The number of hydrogen-bond donors (Lipinski definition) is 1. The summed E-state index contributed by atoms with van der Waals surface area (Å²) in [5, 5.41) is 10.5. The van der Waals surface area contributed by atoms with E-state index < -0.39 is 27.1 Å². The summed E-state index contributed by atoms with van der Waals surface area (Å²) in [5.41, 5.74) is 0. The highest BCUT2D eigenvalue weighted by Crippen LogP contribution is 2.12. The summed E-state index contributed by atoms with van der Waals surface area (Å²) in [6.45, 7) is 4.22. The minimum Gasteiger partial charge on any atom is -0.358 e. The average molecular weight is 319 g/mol. The fourth-order valence-corrected chi connectivity index (χ4v) is 2.40. The van der Waals surface area contributed by atoms with Crippen molar-refractivity contribution in [3.05, 3.63) is 28.4 Å². The summed E-state index contributed by atoms with van der Waals surface area (Å²) in [4.78, 5) is 13.1. The third kappa shape index (κ3) is 5.34. The van der Waals surface area contributed by atoms with Crippen molar-refractivity contribution in [2.75, 3.05) is 19.8 Å². The van der Waals surface area contributed by atoms with E-state index in [0.29, 0.717) is 13.2 Å². The standard InChI is InChI=1S/C11H17N3O6S/c1-3-19-11(20-4-2)8-13-21(17,18)9-5-6-10(12-7-9)14(15)16/h5-7,11,13H,3-4,8H2,1-2H3. The number of hydrogen-bond acceptors (Lipinski definition) is 7. The second-order valence-corrected chi connectivity index (χ2v) is 5.57. The molecular weight excluding hydrogens is 302 g/mol. The fourth-order valence-electron chi connectivity index (χ4n) is 1.44. The van der Waals surface area contributed by atoms with Crippen LogP contribution in [0.1, 0.15) is 13.8 Å². The molecule has 0 saturated heterocycles. The van der Waals surface area contributed by atoms with Crippen molar-refractivity contribution in [1.29, 1.82) is 0 Å². The van der Waals surface area contributed by atoms with Crippen LogP contribution in [0.5, 0.6) is 0 Å². The van der Waals surface area contributed by atoms with Crippen LogP contribution in [0, 0.1) is 10.1 Å². The van der Waals surface area contributed by atoms with Crippen molar-refractivity contribution >= 4 is 15.8 Å². The van der Waals surface area contributed by atoms with Crippen LogP contribution in [-0.4, -0.2) is 44.4 Å². The maximum atomic E-state index is 12.0. The molecule has 118 valence electrons. The lowest BCUT2D eigenvalue weighted by Gasteiger charge is -2.17. The van der Waals surface area contributed by atoms with Gasteiger partial charge in [-0.3, -0.25) is 0 Å². The number of ether oxygens (including phenoxy) is 2. The Kier molecular flexibility index (Phi) is 6.62. The fraction of sp³-hybridized carbons (Fsp3) is 0.545. The molecule has 1 aromatic rings. The maximum Gasteiger partial charge on any atom is 0.363 e. The van der Waals surface area contributed by atoms with Gasteiger partial charge < -0.3 is 19.6 Å². The van der Waals surface area contributed by atoms with Gasteiger partial charge in [0.2, 0.25) is 10.0 Å². The number of sulfonamides is 1. The van der Waals surface area contributed by atoms with Crippen LogP contribution in [0.3, 0.4) is 0 Å². The van der Waals surface area contributed by atoms with Gasteiger partial charge in [-0.05, 0) is 29.8 Å². The summed E-state index contributed by atoms with van der Waals surface area (Å²) in [6, 6.07) is 2.14. The zero-order chi connectivity index (χ0) is 15.9. The Morgan fingerprint density at radius 3 is 2.38 bits per heavy atom. The number of aromatic nitrogens is 1. The van der Waals surface area contributed by atoms with Gasteiger partial charge in [-0.25, -0.2) is 13.1 Å². The molecule has 1 heterocycles. The Balaban J connectivity index is 2.74. The second kappa shape index (κ2) is 7.98. The number of pyridine rings is 1. The number of nitrogens with one attached hydrogen (secondary N) is 1. The van der Waals surface area contributed by atoms with E-state index in [-0.39, 0.29) is 11.4 Å². The highest BCUT2D eigenvalue weighted by Gasteiger charge is 2.20. The Morgan fingerprint density at radius 2 is 1.95 bits per heavy atom. The average Bonchev–Trinajstić information content (AvgIpc) is 2.45. The molecule has 0 fully saturated rings. The molecule has 0 bridgehead atoms. The van der Waals surface area contributed by atoms with Crippen LogP contribution in [0.4, 0.5) is 5.82 Å². The molecule has 9 nitrogen and oxygen atoms in total. The third-order valence-electron chi connectivity index (χ3n) is 2.36. The smallest absolute Gasteiger partial charge is 0.358 e. The van der Waals surface area contributed by atoms with E-state index in [0.717, 1.165) is 18.3 Å². The van der Waals surface area contributed by atoms with Gasteiger partial charge >= 0.3 is 5.82 Å². The summed E-state index contributed by atoms with van der Waals surface area (Å²) in [6.07, 6.45) is 0.234. The first-order chi connectivity index (χ1) is 9.90. The third-order valence-corrected chi connectivity index (χ3v) is 3.77. The molecule has 0 radical (unpaired) electrons. The molecule has 1 N–H and O–H groups in total. The van der Waals surface area contributed by atoms with Gasteiger partial charge in [-0.1, -0.05) is 0 Å². The zero-order valence-electron chi connectivity index (χ0n) is 11.7. The first kappa shape index (κ1) is 17.4. The quantitative estimate of drug-likeness (QED) is 0.403. The summed E-state index contributed by atoms with van der Waals surface area (Å²) >= 11 is 0. The number of nitro groups is 1. The minimum atomic E-state index is -3.83. The largest absolute Gasteiger partial charge is 0.363 e. The van der Waals surface area contributed by atoms with Crippen molar-refractivity contribution in [1.82, 2.24) is 9.71 Å². The van der Waals surface area contributed by atoms with Crippen LogP contribution < -0.4 is 4.72 Å². The molecule has 1 aromatic heterocycles. The van der Waals surface area contributed by atoms with Gasteiger partial charge in [0.25, 0.3) is 0 Å². The zero-order valence-corrected chi connectivity index (χ0v) is 12.5. The Morgan fingerprint density at radius 1 is 1.33 bits per heavy atom. The lowest BCUT2D eigenvalue weighted by molar-refractivity contribution is -0.389. The lowest BCUT2D eigenvalue weighted by Crippen LogP contribution is -2.35. The van der Waals surface area contributed by atoms with Crippen LogP contribution in [0.15, 0.2) is 23.2 Å². The molecule has 0 atom stereocenters. The SMILES string of the molecule is CCOC(CNS(=O)(=O)c1ccc([N+](=O)[O-])nc1)OCC. The molecule has 21 heavy (non-hydrogen) atoms.